The third kappa shape index (κ3) is 3.21. The molecule has 2 aromatic rings. The molecule has 106 valence electrons. The van der Waals surface area contributed by atoms with Gasteiger partial charge in [0.05, 0.1) is 32.2 Å². The number of methoxy groups -OCH3 is 2. The van der Waals surface area contributed by atoms with Crippen molar-refractivity contribution in [2.24, 2.45) is 0 Å². The van der Waals surface area contributed by atoms with Gasteiger partial charge in [0.25, 0.3) is 0 Å². The molecule has 1 unspecified atom stereocenters. The van der Waals surface area contributed by atoms with Crippen LogP contribution in [0.4, 0.5) is 0 Å². The Morgan fingerprint density at radius 1 is 1.15 bits per heavy atom. The van der Waals surface area contributed by atoms with Crippen LogP contribution in [0.15, 0.2) is 30.9 Å². The van der Waals surface area contributed by atoms with Gasteiger partial charge in [0.2, 0.25) is 5.88 Å². The molecule has 0 saturated carbocycles. The van der Waals surface area contributed by atoms with Crippen molar-refractivity contribution in [3.63, 3.8) is 0 Å². The molecule has 0 fully saturated rings. The van der Waals surface area contributed by atoms with Crippen LogP contribution in [0.3, 0.4) is 0 Å². The molecule has 0 aliphatic rings. The minimum Gasteiger partial charge on any atom is -0.495 e. The summed E-state index contributed by atoms with van der Waals surface area (Å²) in [4.78, 5) is 12.5. The number of rotatable bonds is 6. The normalized spacial score (nSPS) is 11.9. The zero-order chi connectivity index (χ0) is 14.4. The highest BCUT2D eigenvalue weighted by Gasteiger charge is 2.16. The molecule has 0 spiro atoms. The average molecular weight is 274 g/mol. The standard InChI is InChI=1S/C14H18N4O2/c1-4-16-14(10-5-11(19-2)8-15-7-10)12-6-13(20-3)18-9-17-12/h5-9,14,16H,4H2,1-3H3. The van der Waals surface area contributed by atoms with Crippen molar-refractivity contribution in [1.29, 1.82) is 0 Å². The Labute approximate surface area is 118 Å². The molecule has 1 atom stereocenters. The van der Waals surface area contributed by atoms with Crippen molar-refractivity contribution in [3.8, 4) is 11.6 Å². The highest BCUT2D eigenvalue weighted by Crippen LogP contribution is 2.24. The third-order valence-electron chi connectivity index (χ3n) is 2.88. The lowest BCUT2D eigenvalue weighted by molar-refractivity contribution is 0.394. The molecular formula is C14H18N4O2. The van der Waals surface area contributed by atoms with E-state index in [1.54, 1.807) is 26.6 Å². The molecule has 0 saturated heterocycles. The van der Waals surface area contributed by atoms with Gasteiger partial charge in [-0.2, -0.15) is 0 Å². The second-order valence-corrected chi connectivity index (χ2v) is 4.13. The summed E-state index contributed by atoms with van der Waals surface area (Å²) in [5.41, 5.74) is 1.81. The molecule has 0 aliphatic heterocycles. The highest BCUT2D eigenvalue weighted by atomic mass is 16.5. The van der Waals surface area contributed by atoms with E-state index in [-0.39, 0.29) is 6.04 Å². The second kappa shape index (κ2) is 6.81. The monoisotopic (exact) mass is 274 g/mol. The number of ether oxygens (including phenoxy) is 2. The quantitative estimate of drug-likeness (QED) is 0.862. The third-order valence-corrected chi connectivity index (χ3v) is 2.88. The number of hydrogen-bond donors (Lipinski definition) is 1. The van der Waals surface area contributed by atoms with E-state index in [4.69, 9.17) is 9.47 Å². The van der Waals surface area contributed by atoms with Crippen molar-refractivity contribution < 1.29 is 9.47 Å². The lowest BCUT2D eigenvalue weighted by atomic mass is 10.1. The van der Waals surface area contributed by atoms with Gasteiger partial charge in [-0.05, 0) is 18.2 Å². The maximum Gasteiger partial charge on any atom is 0.216 e. The van der Waals surface area contributed by atoms with Crippen LogP contribution >= 0.6 is 0 Å². The van der Waals surface area contributed by atoms with Crippen molar-refractivity contribution in [3.05, 3.63) is 42.1 Å². The van der Waals surface area contributed by atoms with E-state index in [0.717, 1.165) is 17.8 Å². The van der Waals surface area contributed by atoms with Crippen LogP contribution in [0.2, 0.25) is 0 Å². The van der Waals surface area contributed by atoms with Crippen LogP contribution in [0.1, 0.15) is 24.2 Å². The van der Waals surface area contributed by atoms with Gasteiger partial charge in [0.1, 0.15) is 12.1 Å². The Morgan fingerprint density at radius 3 is 2.70 bits per heavy atom. The van der Waals surface area contributed by atoms with Gasteiger partial charge < -0.3 is 14.8 Å². The fraction of sp³-hybridized carbons (Fsp3) is 0.357. The van der Waals surface area contributed by atoms with E-state index in [2.05, 4.69) is 20.3 Å². The van der Waals surface area contributed by atoms with Crippen LogP contribution in [-0.2, 0) is 0 Å². The number of nitrogens with zero attached hydrogens (tertiary/aromatic N) is 3. The van der Waals surface area contributed by atoms with Gasteiger partial charge in [-0.15, -0.1) is 0 Å². The molecule has 6 heteroatoms. The summed E-state index contributed by atoms with van der Waals surface area (Å²) in [6.07, 6.45) is 4.96. The molecule has 20 heavy (non-hydrogen) atoms. The number of nitrogens with one attached hydrogen (secondary N) is 1. The zero-order valence-electron chi connectivity index (χ0n) is 11.8. The van der Waals surface area contributed by atoms with E-state index in [1.165, 1.54) is 6.33 Å². The maximum atomic E-state index is 5.22. The lowest BCUT2D eigenvalue weighted by Gasteiger charge is -2.18. The Bertz CT molecular complexity index is 515. The van der Waals surface area contributed by atoms with E-state index in [1.807, 2.05) is 19.1 Å². The second-order valence-electron chi connectivity index (χ2n) is 4.13. The molecule has 2 rings (SSSR count). The fourth-order valence-corrected chi connectivity index (χ4v) is 1.93. The SMILES string of the molecule is CCNC(c1cncc(OC)c1)c1cc(OC)ncn1. The van der Waals surface area contributed by atoms with Crippen molar-refractivity contribution in [2.45, 2.75) is 13.0 Å². The smallest absolute Gasteiger partial charge is 0.216 e. The largest absolute Gasteiger partial charge is 0.495 e. The average Bonchev–Trinajstić information content (AvgIpc) is 2.52. The predicted molar refractivity (Wildman–Crippen MR) is 74.9 cm³/mol. The Kier molecular flexibility index (Phi) is 4.84. The number of hydrogen-bond acceptors (Lipinski definition) is 6. The number of aromatic nitrogens is 3. The first-order valence-corrected chi connectivity index (χ1v) is 6.36. The van der Waals surface area contributed by atoms with Gasteiger partial charge in [-0.3, -0.25) is 4.98 Å². The summed E-state index contributed by atoms with van der Waals surface area (Å²) in [5.74, 6) is 1.25. The zero-order valence-corrected chi connectivity index (χ0v) is 11.8. The molecular weight excluding hydrogens is 256 g/mol. The van der Waals surface area contributed by atoms with Crippen LogP contribution in [0, 0.1) is 0 Å². The summed E-state index contributed by atoms with van der Waals surface area (Å²) in [6, 6.07) is 3.67. The summed E-state index contributed by atoms with van der Waals surface area (Å²) in [7, 11) is 3.21. The van der Waals surface area contributed by atoms with Gasteiger partial charge in [-0.25, -0.2) is 9.97 Å². The molecule has 1 N–H and O–H groups in total. The van der Waals surface area contributed by atoms with Gasteiger partial charge in [0.15, 0.2) is 0 Å². The minimum absolute atomic E-state index is 0.0838. The summed E-state index contributed by atoms with van der Waals surface area (Å²) >= 11 is 0. The first kappa shape index (κ1) is 14.2. The van der Waals surface area contributed by atoms with Crippen molar-refractivity contribution in [1.82, 2.24) is 20.3 Å². The van der Waals surface area contributed by atoms with E-state index in [9.17, 15) is 0 Å². The van der Waals surface area contributed by atoms with Crippen molar-refractivity contribution >= 4 is 0 Å². The first-order chi connectivity index (χ1) is 9.78. The van der Waals surface area contributed by atoms with Crippen LogP contribution in [0.25, 0.3) is 0 Å². The van der Waals surface area contributed by atoms with E-state index < -0.39 is 0 Å². The molecule has 6 nitrogen and oxygen atoms in total. The first-order valence-electron chi connectivity index (χ1n) is 6.36. The van der Waals surface area contributed by atoms with Gasteiger partial charge in [0, 0.05) is 12.3 Å². The van der Waals surface area contributed by atoms with Crippen molar-refractivity contribution in [2.75, 3.05) is 20.8 Å². The van der Waals surface area contributed by atoms with E-state index >= 15 is 0 Å². The van der Waals surface area contributed by atoms with E-state index in [0.29, 0.717) is 11.6 Å². The molecule has 0 aliphatic carbocycles. The topological polar surface area (TPSA) is 69.2 Å². The Balaban J connectivity index is 2.38. The van der Waals surface area contributed by atoms with Crippen LogP contribution in [-0.4, -0.2) is 35.7 Å². The molecule has 0 bridgehead atoms. The summed E-state index contributed by atoms with van der Waals surface area (Å²) in [5, 5.41) is 3.38. The van der Waals surface area contributed by atoms with Gasteiger partial charge in [-0.1, -0.05) is 6.92 Å². The Morgan fingerprint density at radius 2 is 2.00 bits per heavy atom. The Hall–Kier alpha value is -2.21. The lowest BCUT2D eigenvalue weighted by Crippen LogP contribution is -2.23. The van der Waals surface area contributed by atoms with Crippen LogP contribution < -0.4 is 14.8 Å². The van der Waals surface area contributed by atoms with Crippen LogP contribution in [0.5, 0.6) is 11.6 Å². The molecule has 0 aromatic carbocycles. The summed E-state index contributed by atoms with van der Waals surface area (Å²) < 4.78 is 10.4. The molecule has 2 heterocycles. The number of pyridine rings is 1. The fourth-order valence-electron chi connectivity index (χ4n) is 1.93. The highest BCUT2D eigenvalue weighted by molar-refractivity contribution is 5.32. The molecule has 2 aromatic heterocycles. The summed E-state index contributed by atoms with van der Waals surface area (Å²) in [6.45, 7) is 2.84. The molecule has 0 radical (unpaired) electrons. The minimum atomic E-state index is -0.0838. The molecule has 0 amide bonds. The maximum absolute atomic E-state index is 5.22. The van der Waals surface area contributed by atoms with Gasteiger partial charge >= 0.3 is 0 Å². The predicted octanol–water partition coefficient (Wildman–Crippen LogP) is 1.59.